The van der Waals surface area contributed by atoms with Crippen LogP contribution in [0.1, 0.15) is 52.7 Å². The second-order valence-corrected chi connectivity index (χ2v) is 11.9. The van der Waals surface area contributed by atoms with Crippen molar-refractivity contribution in [2.75, 3.05) is 13.1 Å². The molecule has 5 nitrogen and oxygen atoms in total. The Morgan fingerprint density at radius 1 is 0.788 bits per heavy atom. The van der Waals surface area contributed by atoms with Crippen molar-refractivity contribution < 1.29 is 14.7 Å². The Morgan fingerprint density at radius 2 is 1.15 bits per heavy atom. The second kappa shape index (κ2) is 15.3. The lowest BCUT2D eigenvalue weighted by molar-refractivity contribution is -0.136. The first-order valence-corrected chi connectivity index (χ1v) is 12.4. The molecule has 0 aliphatic carbocycles. The number of carbonyl (C=O) groups is 2. The van der Waals surface area contributed by atoms with Gasteiger partial charge in [0.2, 0.25) is 5.91 Å². The number of carboxylic acid groups (broad SMARTS) is 1. The van der Waals surface area contributed by atoms with E-state index in [2.05, 4.69) is 78.7 Å². The number of halogens is 2. The lowest BCUT2D eigenvalue weighted by Crippen LogP contribution is -2.33. The maximum absolute atomic E-state index is 11.6. The number of benzene rings is 2. The summed E-state index contributed by atoms with van der Waals surface area (Å²) in [6.07, 6.45) is 0.538. The molecule has 0 aliphatic rings. The smallest absolute Gasteiger partial charge is 0.307 e. The predicted octanol–water partition coefficient (Wildman–Crippen LogP) is 6.22. The van der Waals surface area contributed by atoms with E-state index in [-0.39, 0.29) is 17.7 Å². The Hall–Kier alpha value is -1.70. The van der Waals surface area contributed by atoms with E-state index >= 15 is 0 Å². The third kappa shape index (κ3) is 19.5. The first-order chi connectivity index (χ1) is 15.1. The van der Waals surface area contributed by atoms with Crippen LogP contribution in [0.25, 0.3) is 0 Å². The molecule has 0 atom stereocenters. The SMILES string of the molecule is CC(C)(C)CN.CC(C)(C)CNC(=O)Cc1ccc(Br)cc1.O=C(O)Cc1ccc(Br)cc1. The van der Waals surface area contributed by atoms with Crippen LogP contribution in [0.5, 0.6) is 0 Å². The van der Waals surface area contributed by atoms with Crippen molar-refractivity contribution in [3.8, 4) is 0 Å². The van der Waals surface area contributed by atoms with Gasteiger partial charge in [0.05, 0.1) is 12.8 Å². The largest absolute Gasteiger partial charge is 0.481 e. The van der Waals surface area contributed by atoms with Gasteiger partial charge in [0.25, 0.3) is 0 Å². The zero-order valence-corrected chi connectivity index (χ0v) is 23.7. The predicted molar refractivity (Wildman–Crippen MR) is 144 cm³/mol. The van der Waals surface area contributed by atoms with Gasteiger partial charge < -0.3 is 16.2 Å². The summed E-state index contributed by atoms with van der Waals surface area (Å²) in [5, 5.41) is 11.4. The van der Waals surface area contributed by atoms with Gasteiger partial charge in [-0.05, 0) is 52.8 Å². The van der Waals surface area contributed by atoms with Crippen molar-refractivity contribution in [1.29, 1.82) is 0 Å². The minimum absolute atomic E-state index is 0.0808. The van der Waals surface area contributed by atoms with Gasteiger partial charge in [-0.15, -0.1) is 0 Å². The van der Waals surface area contributed by atoms with Crippen LogP contribution in [0.2, 0.25) is 0 Å². The Bertz CT molecular complexity index is 838. The second-order valence-electron chi connectivity index (χ2n) is 10.1. The lowest BCUT2D eigenvalue weighted by Gasteiger charge is -2.18. The third-order valence-electron chi connectivity index (χ3n) is 3.97. The molecule has 0 saturated carbocycles. The van der Waals surface area contributed by atoms with Crippen LogP contribution >= 0.6 is 31.9 Å². The molecule has 2 rings (SSSR count). The Labute approximate surface area is 215 Å². The average molecular weight is 586 g/mol. The summed E-state index contributed by atoms with van der Waals surface area (Å²) in [4.78, 5) is 21.9. The summed E-state index contributed by atoms with van der Waals surface area (Å²) in [6.45, 7) is 14.1. The van der Waals surface area contributed by atoms with Crippen LogP contribution in [0.3, 0.4) is 0 Å². The van der Waals surface area contributed by atoms with Gasteiger partial charge >= 0.3 is 5.97 Å². The minimum Gasteiger partial charge on any atom is -0.481 e. The fraction of sp³-hybridized carbons (Fsp3) is 0.462. The van der Waals surface area contributed by atoms with Crippen LogP contribution in [-0.2, 0) is 22.4 Å². The first kappa shape index (κ1) is 31.3. The maximum atomic E-state index is 11.6. The van der Waals surface area contributed by atoms with E-state index in [9.17, 15) is 9.59 Å². The van der Waals surface area contributed by atoms with Crippen LogP contribution in [-0.4, -0.2) is 30.1 Å². The maximum Gasteiger partial charge on any atom is 0.307 e. The average Bonchev–Trinajstić information content (AvgIpc) is 2.70. The molecule has 0 aromatic heterocycles. The summed E-state index contributed by atoms with van der Waals surface area (Å²) in [7, 11) is 0. The summed E-state index contributed by atoms with van der Waals surface area (Å²) < 4.78 is 2.00. The molecule has 0 unspecified atom stereocenters. The molecule has 0 saturated heterocycles. The van der Waals surface area contributed by atoms with E-state index in [4.69, 9.17) is 10.8 Å². The molecular formula is C26H38Br2N2O3. The highest BCUT2D eigenvalue weighted by molar-refractivity contribution is 9.10. The third-order valence-corrected chi connectivity index (χ3v) is 5.03. The normalized spacial score (nSPS) is 10.8. The van der Waals surface area contributed by atoms with E-state index in [1.807, 2.05) is 36.4 Å². The van der Waals surface area contributed by atoms with E-state index in [1.54, 1.807) is 12.1 Å². The van der Waals surface area contributed by atoms with Crippen LogP contribution in [0, 0.1) is 10.8 Å². The standard InChI is InChI=1S/C13H18BrNO.C8H7BrO2.C5H13N/c1-13(2,3)9-15-12(16)8-10-4-6-11(14)7-5-10;9-7-3-1-6(2-4-7)5-8(10)11;1-5(2,3)4-6/h4-7H,8-9H2,1-3H3,(H,15,16);1-4H,5H2,(H,10,11);4,6H2,1-3H3. The van der Waals surface area contributed by atoms with Gasteiger partial charge in [-0.25, -0.2) is 0 Å². The number of hydrogen-bond donors (Lipinski definition) is 3. The number of amides is 1. The van der Waals surface area contributed by atoms with E-state index in [0.29, 0.717) is 18.4 Å². The van der Waals surface area contributed by atoms with E-state index < -0.39 is 5.97 Å². The molecule has 7 heteroatoms. The lowest BCUT2D eigenvalue weighted by atomic mass is 9.97. The summed E-state index contributed by atoms with van der Waals surface area (Å²) >= 11 is 6.63. The summed E-state index contributed by atoms with van der Waals surface area (Å²) in [6, 6.07) is 15.1. The topological polar surface area (TPSA) is 92.4 Å². The molecule has 0 fully saturated rings. The molecule has 33 heavy (non-hydrogen) atoms. The molecule has 0 aliphatic heterocycles. The van der Waals surface area contributed by atoms with Crippen molar-refractivity contribution in [2.45, 2.75) is 54.4 Å². The minimum atomic E-state index is -0.799. The van der Waals surface area contributed by atoms with Crippen molar-refractivity contribution in [3.63, 3.8) is 0 Å². The number of aliphatic carboxylic acids is 1. The highest BCUT2D eigenvalue weighted by atomic mass is 79.9. The zero-order valence-electron chi connectivity index (χ0n) is 20.5. The highest BCUT2D eigenvalue weighted by Gasteiger charge is 2.12. The first-order valence-electron chi connectivity index (χ1n) is 10.8. The van der Waals surface area contributed by atoms with Gasteiger partial charge in [0.1, 0.15) is 0 Å². The summed E-state index contributed by atoms with van der Waals surface area (Å²) in [5.41, 5.74) is 7.62. The van der Waals surface area contributed by atoms with Gasteiger partial charge in [-0.2, -0.15) is 0 Å². The monoisotopic (exact) mass is 584 g/mol. The zero-order chi connectivity index (χ0) is 25.7. The van der Waals surface area contributed by atoms with Crippen LogP contribution < -0.4 is 11.1 Å². The Kier molecular flexibility index (Phi) is 14.5. The summed E-state index contributed by atoms with van der Waals surface area (Å²) in [5.74, 6) is -0.718. The van der Waals surface area contributed by atoms with Gasteiger partial charge in [0.15, 0.2) is 0 Å². The number of carboxylic acids is 1. The quantitative estimate of drug-likeness (QED) is 0.388. The number of nitrogens with one attached hydrogen (secondary N) is 1. The van der Waals surface area contributed by atoms with Crippen LogP contribution in [0.4, 0.5) is 0 Å². The molecule has 0 bridgehead atoms. The van der Waals surface area contributed by atoms with E-state index in [0.717, 1.165) is 26.6 Å². The Morgan fingerprint density at radius 3 is 1.45 bits per heavy atom. The van der Waals surface area contributed by atoms with E-state index in [1.165, 1.54) is 0 Å². The van der Waals surface area contributed by atoms with Crippen molar-refractivity contribution in [2.24, 2.45) is 16.6 Å². The molecule has 1 amide bonds. The van der Waals surface area contributed by atoms with Gasteiger partial charge in [-0.3, -0.25) is 9.59 Å². The molecule has 2 aromatic carbocycles. The molecule has 184 valence electrons. The molecule has 0 radical (unpaired) electrons. The number of hydrogen-bond acceptors (Lipinski definition) is 3. The molecule has 4 N–H and O–H groups in total. The number of nitrogens with two attached hydrogens (primary N) is 1. The van der Waals surface area contributed by atoms with Gasteiger partial charge in [0, 0.05) is 15.5 Å². The Balaban J connectivity index is 0.000000520. The molecule has 0 spiro atoms. The highest BCUT2D eigenvalue weighted by Crippen LogP contribution is 2.13. The fourth-order valence-corrected chi connectivity index (χ4v) is 2.52. The van der Waals surface area contributed by atoms with Crippen molar-refractivity contribution in [1.82, 2.24) is 5.32 Å². The van der Waals surface area contributed by atoms with Crippen molar-refractivity contribution >= 4 is 43.7 Å². The molecule has 2 aromatic rings. The molecule has 0 heterocycles. The van der Waals surface area contributed by atoms with Crippen molar-refractivity contribution in [3.05, 3.63) is 68.6 Å². The molecular weight excluding hydrogens is 548 g/mol. The number of carbonyl (C=O) groups excluding carboxylic acids is 1. The van der Waals surface area contributed by atoms with Crippen LogP contribution in [0.15, 0.2) is 57.5 Å². The fourth-order valence-electron chi connectivity index (χ4n) is 1.99. The van der Waals surface area contributed by atoms with Gasteiger partial charge in [-0.1, -0.05) is 97.7 Å². The number of rotatable bonds is 5.